The van der Waals surface area contributed by atoms with Gasteiger partial charge in [0.25, 0.3) is 0 Å². The van der Waals surface area contributed by atoms with Gasteiger partial charge in [-0.1, -0.05) is 24.2 Å². The van der Waals surface area contributed by atoms with Crippen molar-refractivity contribution in [3.05, 3.63) is 47.3 Å². The lowest BCUT2D eigenvalue weighted by atomic mass is 10.1. The smallest absolute Gasteiger partial charge is 0.147 e. The van der Waals surface area contributed by atoms with Gasteiger partial charge >= 0.3 is 0 Å². The molecule has 4 heteroatoms. The van der Waals surface area contributed by atoms with Crippen LogP contribution < -0.4 is 5.32 Å². The van der Waals surface area contributed by atoms with E-state index in [4.69, 9.17) is 4.52 Å². The highest BCUT2D eigenvalue weighted by Gasteiger charge is 2.05. The van der Waals surface area contributed by atoms with Crippen LogP contribution in [0.15, 0.2) is 39.8 Å². The zero-order chi connectivity index (χ0) is 14.4. The first-order valence-electron chi connectivity index (χ1n) is 7.07. The SMILES string of the molecule is CCCNC(C)c1ccc(SCc2cc(C)no2)cc1. The quantitative estimate of drug-likeness (QED) is 0.770. The van der Waals surface area contributed by atoms with Crippen molar-refractivity contribution in [1.29, 1.82) is 0 Å². The van der Waals surface area contributed by atoms with Crippen LogP contribution in [0.3, 0.4) is 0 Å². The predicted molar refractivity (Wildman–Crippen MR) is 84.0 cm³/mol. The van der Waals surface area contributed by atoms with Crippen LogP contribution in [0.4, 0.5) is 0 Å². The molecule has 1 aromatic heterocycles. The second-order valence-corrected chi connectivity index (χ2v) is 6.02. The van der Waals surface area contributed by atoms with E-state index in [2.05, 4.69) is 48.6 Å². The van der Waals surface area contributed by atoms with Crippen molar-refractivity contribution in [3.63, 3.8) is 0 Å². The molecule has 0 saturated heterocycles. The van der Waals surface area contributed by atoms with E-state index in [9.17, 15) is 0 Å². The first kappa shape index (κ1) is 15.1. The van der Waals surface area contributed by atoms with E-state index in [1.54, 1.807) is 11.8 Å². The highest BCUT2D eigenvalue weighted by Crippen LogP contribution is 2.24. The third-order valence-corrected chi connectivity index (χ3v) is 4.17. The van der Waals surface area contributed by atoms with Crippen LogP contribution in [-0.2, 0) is 5.75 Å². The van der Waals surface area contributed by atoms with Crippen molar-refractivity contribution in [3.8, 4) is 0 Å². The summed E-state index contributed by atoms with van der Waals surface area (Å²) in [5.74, 6) is 1.75. The summed E-state index contributed by atoms with van der Waals surface area (Å²) >= 11 is 1.77. The van der Waals surface area contributed by atoms with Crippen molar-refractivity contribution < 1.29 is 4.52 Å². The molecule has 1 heterocycles. The number of aryl methyl sites for hydroxylation is 1. The zero-order valence-electron chi connectivity index (χ0n) is 12.3. The Morgan fingerprint density at radius 1 is 1.30 bits per heavy atom. The summed E-state index contributed by atoms with van der Waals surface area (Å²) in [5.41, 5.74) is 2.27. The summed E-state index contributed by atoms with van der Waals surface area (Å²) in [4.78, 5) is 1.26. The van der Waals surface area contributed by atoms with Gasteiger partial charge in [-0.3, -0.25) is 0 Å². The Bertz CT molecular complexity index is 522. The fourth-order valence-corrected chi connectivity index (χ4v) is 2.74. The van der Waals surface area contributed by atoms with Crippen LogP contribution in [0.1, 0.15) is 43.3 Å². The number of nitrogens with one attached hydrogen (secondary N) is 1. The van der Waals surface area contributed by atoms with Crippen LogP contribution in [0.25, 0.3) is 0 Å². The lowest BCUT2D eigenvalue weighted by Crippen LogP contribution is -2.19. The number of hydrogen-bond acceptors (Lipinski definition) is 4. The summed E-state index contributed by atoms with van der Waals surface area (Å²) in [6.07, 6.45) is 1.16. The molecule has 0 bridgehead atoms. The Hall–Kier alpha value is -1.26. The van der Waals surface area contributed by atoms with Gasteiger partial charge in [0.2, 0.25) is 0 Å². The molecule has 0 radical (unpaired) electrons. The van der Waals surface area contributed by atoms with Crippen molar-refractivity contribution in [1.82, 2.24) is 10.5 Å². The van der Waals surface area contributed by atoms with Gasteiger partial charge < -0.3 is 9.84 Å². The number of aromatic nitrogens is 1. The van der Waals surface area contributed by atoms with Gasteiger partial charge in [0.05, 0.1) is 11.4 Å². The van der Waals surface area contributed by atoms with E-state index in [0.29, 0.717) is 6.04 Å². The lowest BCUT2D eigenvalue weighted by molar-refractivity contribution is 0.391. The molecule has 0 saturated carbocycles. The lowest BCUT2D eigenvalue weighted by Gasteiger charge is -2.13. The van der Waals surface area contributed by atoms with Gasteiger partial charge in [0.15, 0.2) is 0 Å². The van der Waals surface area contributed by atoms with Crippen LogP contribution in [0.5, 0.6) is 0 Å². The number of nitrogens with zero attached hydrogens (tertiary/aromatic N) is 1. The zero-order valence-corrected chi connectivity index (χ0v) is 13.2. The van der Waals surface area contributed by atoms with Crippen molar-refractivity contribution in [2.45, 2.75) is 43.9 Å². The molecule has 0 aliphatic heterocycles. The van der Waals surface area contributed by atoms with E-state index < -0.39 is 0 Å². The topological polar surface area (TPSA) is 38.1 Å². The second kappa shape index (κ2) is 7.50. The third kappa shape index (κ3) is 4.39. The summed E-state index contributed by atoms with van der Waals surface area (Å²) in [7, 11) is 0. The summed E-state index contributed by atoms with van der Waals surface area (Å²) < 4.78 is 5.21. The van der Waals surface area contributed by atoms with E-state index in [1.807, 2.05) is 13.0 Å². The fourth-order valence-electron chi connectivity index (χ4n) is 1.97. The molecule has 0 fully saturated rings. The predicted octanol–water partition coefficient (Wildman–Crippen LogP) is 4.34. The van der Waals surface area contributed by atoms with Crippen LogP contribution in [-0.4, -0.2) is 11.7 Å². The fraction of sp³-hybridized carbons (Fsp3) is 0.438. The molecule has 0 aliphatic rings. The Labute approximate surface area is 125 Å². The minimum atomic E-state index is 0.408. The third-order valence-electron chi connectivity index (χ3n) is 3.14. The molecule has 0 amide bonds. The Morgan fingerprint density at radius 3 is 2.65 bits per heavy atom. The van der Waals surface area contributed by atoms with Crippen molar-refractivity contribution in [2.75, 3.05) is 6.54 Å². The molecule has 20 heavy (non-hydrogen) atoms. The number of thioether (sulfide) groups is 1. The normalized spacial score (nSPS) is 12.6. The van der Waals surface area contributed by atoms with E-state index >= 15 is 0 Å². The van der Waals surface area contributed by atoms with E-state index in [1.165, 1.54) is 10.5 Å². The molecule has 1 N–H and O–H groups in total. The Morgan fingerprint density at radius 2 is 2.05 bits per heavy atom. The Balaban J connectivity index is 1.87. The van der Waals surface area contributed by atoms with Crippen molar-refractivity contribution >= 4 is 11.8 Å². The van der Waals surface area contributed by atoms with Gasteiger partial charge in [-0.15, -0.1) is 11.8 Å². The van der Waals surface area contributed by atoms with Gasteiger partial charge in [0.1, 0.15) is 5.76 Å². The maximum absolute atomic E-state index is 5.21. The minimum absolute atomic E-state index is 0.408. The average Bonchev–Trinajstić information content (AvgIpc) is 2.89. The van der Waals surface area contributed by atoms with Crippen LogP contribution in [0, 0.1) is 6.92 Å². The first-order chi connectivity index (χ1) is 9.69. The second-order valence-electron chi connectivity index (χ2n) is 4.97. The minimum Gasteiger partial charge on any atom is -0.360 e. The standard InChI is InChI=1S/C16H22N2OS/c1-4-9-17-13(3)14-5-7-16(8-6-14)20-11-15-10-12(2)18-19-15/h5-8,10,13,17H,4,9,11H2,1-3H3. The van der Waals surface area contributed by atoms with Crippen LogP contribution >= 0.6 is 11.8 Å². The molecular weight excluding hydrogens is 268 g/mol. The van der Waals surface area contributed by atoms with Gasteiger partial charge in [-0.05, 0) is 44.5 Å². The van der Waals surface area contributed by atoms with Crippen molar-refractivity contribution in [2.24, 2.45) is 0 Å². The monoisotopic (exact) mass is 290 g/mol. The number of hydrogen-bond donors (Lipinski definition) is 1. The molecule has 3 nitrogen and oxygen atoms in total. The molecule has 1 aromatic carbocycles. The molecule has 1 atom stereocenters. The molecule has 2 rings (SSSR count). The summed E-state index contributed by atoms with van der Waals surface area (Å²) in [5, 5.41) is 7.40. The molecule has 0 aliphatic carbocycles. The van der Waals surface area contributed by atoms with Gasteiger partial charge in [-0.25, -0.2) is 0 Å². The summed E-state index contributed by atoms with van der Waals surface area (Å²) in [6, 6.07) is 11.1. The van der Waals surface area contributed by atoms with Gasteiger partial charge in [-0.2, -0.15) is 0 Å². The van der Waals surface area contributed by atoms with Gasteiger partial charge in [0, 0.05) is 17.0 Å². The highest BCUT2D eigenvalue weighted by atomic mass is 32.2. The number of benzene rings is 1. The molecule has 108 valence electrons. The van der Waals surface area contributed by atoms with E-state index in [-0.39, 0.29) is 0 Å². The maximum Gasteiger partial charge on any atom is 0.147 e. The molecular formula is C16H22N2OS. The highest BCUT2D eigenvalue weighted by molar-refractivity contribution is 7.98. The van der Waals surface area contributed by atoms with E-state index in [0.717, 1.165) is 30.2 Å². The van der Waals surface area contributed by atoms with Crippen LogP contribution in [0.2, 0.25) is 0 Å². The average molecular weight is 290 g/mol. The maximum atomic E-state index is 5.21. The number of rotatable bonds is 7. The summed E-state index contributed by atoms with van der Waals surface area (Å²) in [6.45, 7) is 7.39. The largest absolute Gasteiger partial charge is 0.360 e. The molecule has 2 aromatic rings. The first-order valence-corrected chi connectivity index (χ1v) is 8.06. The molecule has 0 spiro atoms. The Kier molecular flexibility index (Phi) is 5.68. The molecule has 1 unspecified atom stereocenters.